The van der Waals surface area contributed by atoms with E-state index in [-0.39, 0.29) is 17.5 Å². The van der Waals surface area contributed by atoms with Crippen LogP contribution in [0.1, 0.15) is 12.6 Å². The summed E-state index contributed by atoms with van der Waals surface area (Å²) in [7, 11) is 0. The smallest absolute Gasteiger partial charge is 0.230 e. The monoisotopic (exact) mass is 376 g/mol. The Balaban J connectivity index is 1.76. The van der Waals surface area contributed by atoms with E-state index in [1.807, 2.05) is 35.7 Å². The van der Waals surface area contributed by atoms with Crippen molar-refractivity contribution in [2.45, 2.75) is 13.5 Å². The van der Waals surface area contributed by atoms with E-state index in [2.05, 4.69) is 4.98 Å². The van der Waals surface area contributed by atoms with Gasteiger partial charge in [-0.05, 0) is 30.3 Å². The van der Waals surface area contributed by atoms with Crippen LogP contribution in [-0.4, -0.2) is 10.9 Å². The van der Waals surface area contributed by atoms with Crippen molar-refractivity contribution >= 4 is 39.7 Å². The second kappa shape index (κ2) is 7.63. The van der Waals surface area contributed by atoms with Gasteiger partial charge in [0, 0.05) is 12.3 Å². The summed E-state index contributed by atoms with van der Waals surface area (Å²) in [5.41, 5.74) is 1.40. The van der Waals surface area contributed by atoms with Crippen molar-refractivity contribution in [3.63, 3.8) is 0 Å². The van der Waals surface area contributed by atoms with Crippen LogP contribution in [0.25, 0.3) is 0 Å². The van der Waals surface area contributed by atoms with Gasteiger partial charge in [-0.1, -0.05) is 29.8 Å². The number of para-hydroxylation sites is 1. The fourth-order valence-corrected chi connectivity index (χ4v) is 3.31. The lowest BCUT2D eigenvalue weighted by atomic mass is 10.3. The summed E-state index contributed by atoms with van der Waals surface area (Å²) in [4.78, 5) is 18.0. The number of anilines is 2. The van der Waals surface area contributed by atoms with Gasteiger partial charge in [0.25, 0.3) is 0 Å². The zero-order valence-electron chi connectivity index (χ0n) is 13.3. The molecule has 2 aromatic carbocycles. The minimum atomic E-state index is -0.423. The first-order valence-electron chi connectivity index (χ1n) is 7.42. The lowest BCUT2D eigenvalue weighted by Gasteiger charge is -2.17. The third-order valence-electron chi connectivity index (χ3n) is 3.33. The predicted octanol–water partition coefficient (Wildman–Crippen LogP) is 5.20. The molecule has 4 nitrogen and oxygen atoms in total. The van der Waals surface area contributed by atoms with Crippen molar-refractivity contribution in [3.05, 3.63) is 70.4 Å². The third kappa shape index (κ3) is 4.15. The molecule has 128 valence electrons. The fourth-order valence-electron chi connectivity index (χ4n) is 2.21. The Labute approximate surface area is 153 Å². The molecule has 0 aliphatic heterocycles. The van der Waals surface area contributed by atoms with Gasteiger partial charge in [-0.3, -0.25) is 9.69 Å². The average Bonchev–Trinajstić information content (AvgIpc) is 3.03. The van der Waals surface area contributed by atoms with Crippen molar-refractivity contribution in [2.24, 2.45) is 0 Å². The van der Waals surface area contributed by atoms with Gasteiger partial charge in [0.15, 0.2) is 5.13 Å². The van der Waals surface area contributed by atoms with Gasteiger partial charge >= 0.3 is 0 Å². The largest absolute Gasteiger partial charge is 0.486 e. The molecule has 0 aliphatic rings. The minimum Gasteiger partial charge on any atom is -0.486 e. The van der Waals surface area contributed by atoms with Crippen molar-refractivity contribution in [2.75, 3.05) is 4.90 Å². The standard InChI is InChI=1S/C18H14ClFN2O2S/c1-12(23)22(15-5-3-2-4-6-15)18-21-14(11-25-18)10-24-17-8-7-13(20)9-16(17)19/h2-9,11H,10H2,1H3. The number of carbonyl (C=O) groups is 1. The molecule has 0 spiro atoms. The summed E-state index contributed by atoms with van der Waals surface area (Å²) in [6.45, 7) is 1.66. The molecule has 1 heterocycles. The van der Waals surface area contributed by atoms with Gasteiger partial charge in [-0.15, -0.1) is 11.3 Å². The van der Waals surface area contributed by atoms with Gasteiger partial charge in [0.05, 0.1) is 16.4 Å². The maximum Gasteiger partial charge on any atom is 0.230 e. The first kappa shape index (κ1) is 17.4. The van der Waals surface area contributed by atoms with Crippen LogP contribution in [0.3, 0.4) is 0 Å². The number of ether oxygens (including phenoxy) is 1. The molecule has 0 N–H and O–H groups in total. The van der Waals surface area contributed by atoms with Crippen LogP contribution in [-0.2, 0) is 11.4 Å². The molecule has 7 heteroatoms. The average molecular weight is 377 g/mol. The highest BCUT2D eigenvalue weighted by atomic mass is 35.5. The summed E-state index contributed by atoms with van der Waals surface area (Å²) in [6.07, 6.45) is 0. The number of benzene rings is 2. The number of halogens is 2. The molecule has 1 amide bonds. The Hall–Kier alpha value is -2.44. The van der Waals surface area contributed by atoms with E-state index in [0.29, 0.717) is 16.6 Å². The Morgan fingerprint density at radius 2 is 2.04 bits per heavy atom. The van der Waals surface area contributed by atoms with Gasteiger partial charge < -0.3 is 4.74 Å². The minimum absolute atomic E-state index is 0.130. The van der Waals surface area contributed by atoms with Crippen LogP contribution in [0.4, 0.5) is 15.2 Å². The molecular weight excluding hydrogens is 363 g/mol. The van der Waals surface area contributed by atoms with E-state index in [4.69, 9.17) is 16.3 Å². The van der Waals surface area contributed by atoms with Crippen molar-refractivity contribution in [1.82, 2.24) is 4.98 Å². The van der Waals surface area contributed by atoms with Crippen molar-refractivity contribution in [3.8, 4) is 5.75 Å². The summed E-state index contributed by atoms with van der Waals surface area (Å²) in [5, 5.41) is 2.57. The number of aromatic nitrogens is 1. The molecule has 0 aliphatic carbocycles. The molecular formula is C18H14ClFN2O2S. The summed E-state index contributed by atoms with van der Waals surface area (Å²) < 4.78 is 18.6. The molecule has 0 bridgehead atoms. The zero-order chi connectivity index (χ0) is 17.8. The van der Waals surface area contributed by atoms with E-state index in [9.17, 15) is 9.18 Å². The Kier molecular flexibility index (Phi) is 5.31. The SMILES string of the molecule is CC(=O)N(c1ccccc1)c1nc(COc2ccc(F)cc2Cl)cs1. The molecule has 1 aromatic heterocycles. The number of carbonyl (C=O) groups excluding carboxylic acids is 1. The highest BCUT2D eigenvalue weighted by Gasteiger charge is 2.17. The number of rotatable bonds is 5. The molecule has 0 saturated heterocycles. The second-order valence-corrected chi connectivity index (χ2v) is 6.42. The topological polar surface area (TPSA) is 42.4 Å². The predicted molar refractivity (Wildman–Crippen MR) is 97.1 cm³/mol. The number of amides is 1. The molecule has 0 unspecified atom stereocenters. The first-order chi connectivity index (χ1) is 12.0. The lowest BCUT2D eigenvalue weighted by Crippen LogP contribution is -2.22. The van der Waals surface area contributed by atoms with Crippen LogP contribution in [0.2, 0.25) is 5.02 Å². The Morgan fingerprint density at radius 3 is 2.72 bits per heavy atom. The quantitative estimate of drug-likeness (QED) is 0.614. The van der Waals surface area contributed by atoms with Gasteiger partial charge in [0.2, 0.25) is 5.91 Å². The molecule has 3 rings (SSSR count). The van der Waals surface area contributed by atoms with Gasteiger partial charge in [-0.2, -0.15) is 0 Å². The van der Waals surface area contributed by atoms with Crippen LogP contribution in [0, 0.1) is 5.82 Å². The van der Waals surface area contributed by atoms with Crippen LogP contribution in [0.15, 0.2) is 53.9 Å². The first-order valence-corrected chi connectivity index (χ1v) is 8.68. The van der Waals surface area contributed by atoms with Crippen LogP contribution in [0.5, 0.6) is 5.75 Å². The summed E-state index contributed by atoms with van der Waals surface area (Å²) >= 11 is 7.28. The van der Waals surface area contributed by atoms with Gasteiger partial charge in [0.1, 0.15) is 18.2 Å². The molecule has 0 saturated carbocycles. The van der Waals surface area contributed by atoms with E-state index in [1.165, 1.54) is 36.5 Å². The number of hydrogen-bond donors (Lipinski definition) is 0. The Bertz CT molecular complexity index is 886. The number of thiazole rings is 1. The maximum absolute atomic E-state index is 13.1. The third-order valence-corrected chi connectivity index (χ3v) is 4.50. The summed E-state index contributed by atoms with van der Waals surface area (Å²) in [6, 6.07) is 13.2. The molecule has 0 atom stereocenters. The molecule has 0 radical (unpaired) electrons. The molecule has 0 fully saturated rings. The highest BCUT2D eigenvalue weighted by Crippen LogP contribution is 2.30. The number of hydrogen-bond acceptors (Lipinski definition) is 4. The Morgan fingerprint density at radius 1 is 1.28 bits per heavy atom. The fraction of sp³-hybridized carbons (Fsp3) is 0.111. The van der Waals surface area contributed by atoms with Crippen LogP contribution >= 0.6 is 22.9 Å². The number of nitrogens with zero attached hydrogens (tertiary/aromatic N) is 2. The summed E-state index contributed by atoms with van der Waals surface area (Å²) in [5.74, 6) is -0.174. The lowest BCUT2D eigenvalue weighted by molar-refractivity contribution is -0.115. The molecule has 3 aromatic rings. The van der Waals surface area contributed by atoms with Crippen molar-refractivity contribution in [1.29, 1.82) is 0 Å². The maximum atomic E-state index is 13.1. The van der Waals surface area contributed by atoms with E-state index in [1.54, 1.807) is 4.90 Å². The highest BCUT2D eigenvalue weighted by molar-refractivity contribution is 7.14. The molecule has 25 heavy (non-hydrogen) atoms. The van der Waals surface area contributed by atoms with E-state index in [0.717, 1.165) is 5.69 Å². The van der Waals surface area contributed by atoms with E-state index >= 15 is 0 Å². The van der Waals surface area contributed by atoms with E-state index < -0.39 is 5.82 Å². The second-order valence-electron chi connectivity index (χ2n) is 5.17. The van der Waals surface area contributed by atoms with Crippen molar-refractivity contribution < 1.29 is 13.9 Å². The van der Waals surface area contributed by atoms with Crippen LogP contribution < -0.4 is 9.64 Å². The van der Waals surface area contributed by atoms with Gasteiger partial charge in [-0.25, -0.2) is 9.37 Å². The zero-order valence-corrected chi connectivity index (χ0v) is 14.9. The normalized spacial score (nSPS) is 10.5.